The molecule has 2 rings (SSSR count). The summed E-state index contributed by atoms with van der Waals surface area (Å²) in [6, 6.07) is 7.73. The van der Waals surface area contributed by atoms with Crippen molar-refractivity contribution in [1.82, 2.24) is 0 Å². The molecule has 0 fully saturated rings. The van der Waals surface area contributed by atoms with E-state index in [4.69, 9.17) is 23.2 Å². The van der Waals surface area contributed by atoms with E-state index in [1.165, 1.54) is 12.3 Å². The highest BCUT2D eigenvalue weighted by atomic mass is 35.5. The van der Waals surface area contributed by atoms with Crippen LogP contribution in [0, 0.1) is 17.0 Å². The van der Waals surface area contributed by atoms with Crippen LogP contribution < -0.4 is 5.43 Å². The second-order valence-electron chi connectivity index (χ2n) is 4.45. The van der Waals surface area contributed by atoms with Crippen molar-refractivity contribution in [3.63, 3.8) is 0 Å². The van der Waals surface area contributed by atoms with Gasteiger partial charge in [-0.25, -0.2) is 0 Å². The van der Waals surface area contributed by atoms with Gasteiger partial charge in [-0.2, -0.15) is 5.10 Å². The molecule has 0 aromatic heterocycles. The normalized spacial score (nSPS) is 10.9. The van der Waals surface area contributed by atoms with Crippen molar-refractivity contribution in [3.05, 3.63) is 61.6 Å². The molecule has 0 saturated carbocycles. The van der Waals surface area contributed by atoms with E-state index in [1.807, 2.05) is 13.0 Å². The number of nitrogens with zero attached hydrogens (tertiary/aromatic N) is 2. The maximum Gasteiger partial charge on any atom is 0.312 e. The highest BCUT2D eigenvalue weighted by Gasteiger charge is 2.17. The van der Waals surface area contributed by atoms with Crippen LogP contribution in [0.4, 0.5) is 11.4 Å². The molecular weight excluding hydrogens is 329 g/mol. The standard InChI is InChI=1S/C14H11Cl2N3O3/c1-8-2-3-11(6-12(8)16)18-17-7-9-4-10(15)5-13(14(9)20)19(21)22/h2-7,18,20H,1H3/b17-7+. The van der Waals surface area contributed by atoms with Crippen LogP contribution in [0.25, 0.3) is 0 Å². The summed E-state index contributed by atoms with van der Waals surface area (Å²) in [5, 5.41) is 25.2. The van der Waals surface area contributed by atoms with Crippen LogP contribution in [0.15, 0.2) is 35.4 Å². The predicted octanol–water partition coefficient (Wildman–Crippen LogP) is 4.36. The number of benzene rings is 2. The van der Waals surface area contributed by atoms with E-state index in [0.717, 1.165) is 11.6 Å². The molecule has 0 bridgehead atoms. The number of phenolic OH excluding ortho intramolecular Hbond substituents is 1. The van der Waals surface area contributed by atoms with Gasteiger partial charge < -0.3 is 5.11 Å². The summed E-state index contributed by atoms with van der Waals surface area (Å²) in [4.78, 5) is 10.1. The van der Waals surface area contributed by atoms with E-state index in [1.54, 1.807) is 12.1 Å². The van der Waals surface area contributed by atoms with Gasteiger partial charge in [-0.15, -0.1) is 0 Å². The molecule has 0 heterocycles. The van der Waals surface area contributed by atoms with E-state index < -0.39 is 16.4 Å². The quantitative estimate of drug-likeness (QED) is 0.492. The lowest BCUT2D eigenvalue weighted by Crippen LogP contribution is -1.95. The van der Waals surface area contributed by atoms with Crippen LogP contribution in [0.3, 0.4) is 0 Å². The molecule has 114 valence electrons. The first-order valence-corrected chi connectivity index (χ1v) is 6.86. The van der Waals surface area contributed by atoms with Gasteiger partial charge in [0, 0.05) is 21.7 Å². The number of rotatable bonds is 4. The van der Waals surface area contributed by atoms with Gasteiger partial charge >= 0.3 is 5.69 Å². The average Bonchev–Trinajstić information content (AvgIpc) is 2.45. The Balaban J connectivity index is 2.23. The van der Waals surface area contributed by atoms with Gasteiger partial charge in [-0.3, -0.25) is 15.5 Å². The van der Waals surface area contributed by atoms with E-state index in [2.05, 4.69) is 10.5 Å². The van der Waals surface area contributed by atoms with Crippen molar-refractivity contribution >= 4 is 40.8 Å². The van der Waals surface area contributed by atoms with Crippen LogP contribution in [-0.2, 0) is 0 Å². The maximum atomic E-state index is 10.8. The van der Waals surface area contributed by atoms with Gasteiger partial charge in [0.15, 0.2) is 0 Å². The summed E-state index contributed by atoms with van der Waals surface area (Å²) in [6.07, 6.45) is 1.24. The first-order chi connectivity index (χ1) is 10.4. The topological polar surface area (TPSA) is 87.8 Å². The molecule has 8 heteroatoms. The summed E-state index contributed by atoms with van der Waals surface area (Å²) >= 11 is 11.8. The van der Waals surface area contributed by atoms with Crippen LogP contribution >= 0.6 is 23.2 Å². The number of halogens is 2. The minimum Gasteiger partial charge on any atom is -0.502 e. The van der Waals surface area contributed by atoms with Crippen molar-refractivity contribution < 1.29 is 10.0 Å². The number of hydrazone groups is 1. The zero-order chi connectivity index (χ0) is 16.3. The van der Waals surface area contributed by atoms with Crippen LogP contribution in [0.5, 0.6) is 5.75 Å². The molecule has 0 atom stereocenters. The molecule has 0 unspecified atom stereocenters. The first kappa shape index (κ1) is 16.1. The van der Waals surface area contributed by atoms with E-state index >= 15 is 0 Å². The summed E-state index contributed by atoms with van der Waals surface area (Å²) in [5.74, 6) is -0.498. The Morgan fingerprint density at radius 3 is 2.68 bits per heavy atom. The Morgan fingerprint density at radius 2 is 2.05 bits per heavy atom. The van der Waals surface area contributed by atoms with Gasteiger partial charge in [0.2, 0.25) is 5.75 Å². The Hall–Kier alpha value is -2.31. The number of hydrogen-bond donors (Lipinski definition) is 2. The van der Waals surface area contributed by atoms with Crippen molar-refractivity contribution in [2.45, 2.75) is 6.92 Å². The van der Waals surface area contributed by atoms with E-state index in [9.17, 15) is 15.2 Å². The van der Waals surface area contributed by atoms with E-state index in [0.29, 0.717) is 10.7 Å². The molecule has 22 heavy (non-hydrogen) atoms. The van der Waals surface area contributed by atoms with Crippen molar-refractivity contribution in [1.29, 1.82) is 0 Å². The lowest BCUT2D eigenvalue weighted by atomic mass is 10.2. The van der Waals surface area contributed by atoms with Crippen molar-refractivity contribution in [3.8, 4) is 5.75 Å². The molecule has 6 nitrogen and oxygen atoms in total. The largest absolute Gasteiger partial charge is 0.502 e. The van der Waals surface area contributed by atoms with Crippen molar-refractivity contribution in [2.24, 2.45) is 5.10 Å². The minimum atomic E-state index is -0.717. The number of nitrogens with one attached hydrogen (secondary N) is 1. The zero-order valence-electron chi connectivity index (χ0n) is 11.4. The Kier molecular flexibility index (Phi) is 4.85. The fraction of sp³-hybridized carbons (Fsp3) is 0.0714. The van der Waals surface area contributed by atoms with Crippen LogP contribution in [-0.4, -0.2) is 16.2 Å². The number of nitro benzene ring substituents is 1. The fourth-order valence-corrected chi connectivity index (χ4v) is 2.08. The molecule has 2 N–H and O–H groups in total. The number of hydrogen-bond acceptors (Lipinski definition) is 5. The Bertz CT molecular complexity index is 763. The monoisotopic (exact) mass is 339 g/mol. The third-order valence-electron chi connectivity index (χ3n) is 2.85. The van der Waals surface area contributed by atoms with Crippen LogP contribution in [0.1, 0.15) is 11.1 Å². The van der Waals surface area contributed by atoms with Gasteiger partial charge in [-0.1, -0.05) is 29.3 Å². The molecule has 2 aromatic rings. The summed E-state index contributed by atoms with van der Waals surface area (Å²) in [5.41, 5.74) is 3.94. The third-order valence-corrected chi connectivity index (χ3v) is 3.48. The molecule has 2 aromatic carbocycles. The molecule has 0 aliphatic heterocycles. The Morgan fingerprint density at radius 1 is 1.32 bits per heavy atom. The Labute approximate surface area is 136 Å². The number of aromatic hydroxyl groups is 1. The number of aryl methyl sites for hydroxylation is 1. The molecule has 0 saturated heterocycles. The highest BCUT2D eigenvalue weighted by Crippen LogP contribution is 2.32. The maximum absolute atomic E-state index is 10.8. The second-order valence-corrected chi connectivity index (χ2v) is 5.30. The zero-order valence-corrected chi connectivity index (χ0v) is 12.9. The summed E-state index contributed by atoms with van der Waals surface area (Å²) < 4.78 is 0. The number of anilines is 1. The lowest BCUT2D eigenvalue weighted by molar-refractivity contribution is -0.385. The van der Waals surface area contributed by atoms with Gasteiger partial charge in [0.1, 0.15) is 0 Å². The van der Waals surface area contributed by atoms with Gasteiger partial charge in [-0.05, 0) is 30.7 Å². The molecule has 0 aliphatic carbocycles. The minimum absolute atomic E-state index is 0.129. The molecule has 0 amide bonds. The van der Waals surface area contributed by atoms with Gasteiger partial charge in [0.05, 0.1) is 16.8 Å². The molecule has 0 spiro atoms. The SMILES string of the molecule is Cc1ccc(N/N=C/c2cc(Cl)cc([N+](=O)[O-])c2O)cc1Cl. The summed E-state index contributed by atoms with van der Waals surface area (Å²) in [6.45, 7) is 1.87. The van der Waals surface area contributed by atoms with E-state index in [-0.39, 0.29) is 10.6 Å². The lowest BCUT2D eigenvalue weighted by Gasteiger charge is -2.04. The smallest absolute Gasteiger partial charge is 0.312 e. The molecule has 0 aliphatic rings. The second kappa shape index (κ2) is 6.64. The highest BCUT2D eigenvalue weighted by molar-refractivity contribution is 6.31. The third kappa shape index (κ3) is 3.66. The average molecular weight is 340 g/mol. The van der Waals surface area contributed by atoms with Crippen LogP contribution in [0.2, 0.25) is 10.0 Å². The number of nitro groups is 1. The first-order valence-electron chi connectivity index (χ1n) is 6.10. The molecular formula is C14H11Cl2N3O3. The van der Waals surface area contributed by atoms with Crippen molar-refractivity contribution in [2.75, 3.05) is 5.43 Å². The summed E-state index contributed by atoms with van der Waals surface area (Å²) in [7, 11) is 0. The number of phenols is 1. The fourth-order valence-electron chi connectivity index (χ4n) is 1.68. The molecule has 0 radical (unpaired) electrons. The van der Waals surface area contributed by atoms with Gasteiger partial charge in [0.25, 0.3) is 0 Å². The predicted molar refractivity (Wildman–Crippen MR) is 87.2 cm³/mol.